The molecule has 6 atom stereocenters. The van der Waals surface area contributed by atoms with Crippen molar-refractivity contribution in [1.29, 1.82) is 5.26 Å². The smallest absolute Gasteiger partial charge is 0.176 e. The Morgan fingerprint density at radius 1 is 1.42 bits per heavy atom. The maximum Gasteiger partial charge on any atom is 0.176 e. The van der Waals surface area contributed by atoms with Gasteiger partial charge < -0.3 is 26.4 Å². The predicted octanol–water partition coefficient (Wildman–Crippen LogP) is -2.20. The summed E-state index contributed by atoms with van der Waals surface area (Å²) in [6, 6.07) is 1.88. The van der Waals surface area contributed by atoms with Gasteiger partial charge in [0.15, 0.2) is 23.7 Å². The molecule has 140 valence electrons. The number of quaternary nitrogens is 1. The van der Waals surface area contributed by atoms with Crippen LogP contribution in [0.15, 0.2) is 12.7 Å². The van der Waals surface area contributed by atoms with E-state index in [9.17, 15) is 10.2 Å². The fourth-order valence-corrected chi connectivity index (χ4v) is 4.61. The van der Waals surface area contributed by atoms with Gasteiger partial charge in [0.1, 0.15) is 47.7 Å². The van der Waals surface area contributed by atoms with E-state index in [4.69, 9.17) is 15.7 Å². The molecule has 7 N–H and O–H groups in total. The average molecular weight is 381 g/mol. The summed E-state index contributed by atoms with van der Waals surface area (Å²) in [5.41, 5.74) is 10.4. The van der Waals surface area contributed by atoms with Crippen molar-refractivity contribution in [3.8, 4) is 6.07 Å². The fraction of sp³-hybridized carbons (Fsp3) is 0.600. The molecule has 11 heteroatoms. The fourth-order valence-electron chi connectivity index (χ4n) is 2.92. The summed E-state index contributed by atoms with van der Waals surface area (Å²) in [6.07, 6.45) is 2.12. The highest BCUT2D eigenvalue weighted by molar-refractivity contribution is 7.96. The van der Waals surface area contributed by atoms with Crippen molar-refractivity contribution in [1.82, 2.24) is 19.5 Å². The molecule has 0 spiro atoms. The number of nitrogen functional groups attached to an aromatic ring is 1. The molecule has 6 unspecified atom stereocenters. The van der Waals surface area contributed by atoms with Gasteiger partial charge in [-0.1, -0.05) is 0 Å². The standard InChI is InChI=1S/C15H22N7O3S/c1-26(3-2-8(17)4-16)5-9-11(23)12(24)15(25-9)22-7-21-10-13(18)19-6-20-14(10)22/h6-9,11-12,15,23-24H,2-3,5,17H2,1H3,(H2,18,19,20)/q+1/p+1. The van der Waals surface area contributed by atoms with Crippen LogP contribution in [0.25, 0.3) is 11.2 Å². The third-order valence-corrected chi connectivity index (χ3v) is 6.27. The van der Waals surface area contributed by atoms with Crippen LogP contribution in [-0.4, -0.2) is 71.8 Å². The van der Waals surface area contributed by atoms with Crippen LogP contribution in [0.1, 0.15) is 12.6 Å². The number of imidazole rings is 1. The molecule has 3 heterocycles. The zero-order valence-corrected chi connectivity index (χ0v) is 15.2. The molecule has 1 saturated heterocycles. The van der Waals surface area contributed by atoms with Crippen molar-refractivity contribution in [2.45, 2.75) is 37.0 Å². The summed E-state index contributed by atoms with van der Waals surface area (Å²) in [5, 5.41) is 29.7. The summed E-state index contributed by atoms with van der Waals surface area (Å²) in [5.74, 6) is 1.66. The van der Waals surface area contributed by atoms with Gasteiger partial charge in [-0.3, -0.25) is 4.57 Å². The minimum absolute atomic E-state index is 0.0679. The number of anilines is 1. The van der Waals surface area contributed by atoms with Gasteiger partial charge in [0, 0.05) is 0 Å². The molecule has 0 saturated carbocycles. The Labute approximate surface area is 153 Å². The monoisotopic (exact) mass is 381 g/mol. The highest BCUT2D eigenvalue weighted by atomic mass is 32.2. The van der Waals surface area contributed by atoms with Crippen LogP contribution in [0.3, 0.4) is 0 Å². The Hall–Kier alpha value is -1.97. The lowest BCUT2D eigenvalue weighted by atomic mass is 10.1. The molecule has 10 nitrogen and oxygen atoms in total. The molecule has 1 aliphatic heterocycles. The van der Waals surface area contributed by atoms with Gasteiger partial charge in [0.05, 0.1) is 19.0 Å². The first-order valence-corrected chi connectivity index (χ1v) is 10.2. The number of hydrogen-bond acceptors (Lipinski definition) is 8. The lowest BCUT2D eigenvalue weighted by molar-refractivity contribution is -0.400. The molecular formula is C15H23N7O3S+2. The number of fused-ring (bicyclic) bond motifs is 1. The van der Waals surface area contributed by atoms with Crippen molar-refractivity contribution in [2.75, 3.05) is 23.5 Å². The van der Waals surface area contributed by atoms with Gasteiger partial charge >= 0.3 is 0 Å². The molecule has 0 bridgehead atoms. The summed E-state index contributed by atoms with van der Waals surface area (Å²) in [6.45, 7) is 0. The van der Waals surface area contributed by atoms with E-state index in [0.29, 0.717) is 23.3 Å². The highest BCUT2D eigenvalue weighted by Crippen LogP contribution is 2.32. The van der Waals surface area contributed by atoms with Crippen LogP contribution in [0, 0.1) is 11.3 Å². The first-order chi connectivity index (χ1) is 12.4. The van der Waals surface area contributed by atoms with Gasteiger partial charge in [-0.25, -0.2) is 15.0 Å². The first-order valence-electron chi connectivity index (χ1n) is 8.18. The van der Waals surface area contributed by atoms with Crippen LogP contribution in [-0.2, 0) is 15.6 Å². The molecule has 0 aromatic carbocycles. The summed E-state index contributed by atoms with van der Waals surface area (Å²) in [4.78, 5) is 12.2. The van der Waals surface area contributed by atoms with E-state index < -0.39 is 24.5 Å². The van der Waals surface area contributed by atoms with Gasteiger partial charge in [0.2, 0.25) is 0 Å². The maximum atomic E-state index is 10.4. The third-order valence-electron chi connectivity index (χ3n) is 4.44. The summed E-state index contributed by atoms with van der Waals surface area (Å²) >= 11 is 0. The number of nitriles is 1. The minimum atomic E-state index is -1.11. The molecule has 0 amide bonds. The van der Waals surface area contributed by atoms with Crippen molar-refractivity contribution >= 4 is 27.9 Å². The van der Waals surface area contributed by atoms with Crippen molar-refractivity contribution in [3.05, 3.63) is 12.7 Å². The molecule has 2 aromatic rings. The number of aliphatic hydroxyl groups is 2. The zero-order chi connectivity index (χ0) is 18.8. The molecule has 3 rings (SSSR count). The Bertz CT molecular complexity index is 810. The van der Waals surface area contributed by atoms with Gasteiger partial charge in [-0.2, -0.15) is 5.26 Å². The largest absolute Gasteiger partial charge is 0.387 e. The Morgan fingerprint density at radius 3 is 2.92 bits per heavy atom. The molecular weight excluding hydrogens is 358 g/mol. The number of nitrogens with zero attached hydrogens (tertiary/aromatic N) is 5. The Balaban J connectivity index is 1.71. The van der Waals surface area contributed by atoms with E-state index in [1.807, 2.05) is 0 Å². The van der Waals surface area contributed by atoms with Crippen molar-refractivity contribution < 1.29 is 20.7 Å². The summed E-state index contributed by atoms with van der Waals surface area (Å²) in [7, 11) is -0.0679. The molecule has 2 aromatic heterocycles. The van der Waals surface area contributed by atoms with Crippen LogP contribution >= 0.6 is 0 Å². The van der Waals surface area contributed by atoms with Gasteiger partial charge in [-0.05, 0) is 10.9 Å². The van der Waals surface area contributed by atoms with E-state index in [1.165, 1.54) is 12.7 Å². The number of hydrogen-bond donors (Lipinski definition) is 4. The van der Waals surface area contributed by atoms with E-state index in [0.717, 1.165) is 5.75 Å². The minimum Gasteiger partial charge on any atom is -0.387 e. The van der Waals surface area contributed by atoms with Crippen molar-refractivity contribution in [2.24, 2.45) is 0 Å². The number of nitrogens with two attached hydrogens (primary N) is 1. The highest BCUT2D eigenvalue weighted by Gasteiger charge is 2.46. The SMILES string of the molecule is C[S+](CCC([NH3+])C#N)CC1OC(n2cnc3c(N)ncnc32)C(O)C1O. The Kier molecular flexibility index (Phi) is 5.59. The van der Waals surface area contributed by atoms with E-state index in [1.54, 1.807) is 4.57 Å². The normalized spacial score (nSPS) is 28.1. The second-order valence-electron chi connectivity index (χ2n) is 6.40. The number of aromatic nitrogens is 4. The summed E-state index contributed by atoms with van der Waals surface area (Å²) < 4.78 is 7.50. The molecule has 0 aliphatic carbocycles. The van der Waals surface area contributed by atoms with Crippen LogP contribution in [0.5, 0.6) is 0 Å². The molecule has 0 radical (unpaired) electrons. The van der Waals surface area contributed by atoms with Gasteiger partial charge in [-0.15, -0.1) is 0 Å². The second-order valence-corrected chi connectivity index (χ2v) is 8.70. The average Bonchev–Trinajstić information content (AvgIpc) is 3.17. The lowest BCUT2D eigenvalue weighted by Crippen LogP contribution is -2.60. The molecule has 1 fully saturated rings. The lowest BCUT2D eigenvalue weighted by Gasteiger charge is -2.16. The molecule has 1 aliphatic rings. The van der Waals surface area contributed by atoms with Crippen LogP contribution < -0.4 is 11.5 Å². The second kappa shape index (κ2) is 7.73. The number of aliphatic hydroxyl groups excluding tert-OH is 2. The topological polar surface area (TPSA) is 171 Å². The van der Waals surface area contributed by atoms with Crippen molar-refractivity contribution in [3.63, 3.8) is 0 Å². The van der Waals surface area contributed by atoms with Crippen LogP contribution in [0.2, 0.25) is 0 Å². The Morgan fingerprint density at radius 2 is 2.19 bits per heavy atom. The van der Waals surface area contributed by atoms with Gasteiger partial charge in [0.25, 0.3) is 0 Å². The van der Waals surface area contributed by atoms with E-state index in [-0.39, 0.29) is 22.8 Å². The third kappa shape index (κ3) is 3.60. The quantitative estimate of drug-likeness (QED) is 0.408. The van der Waals surface area contributed by atoms with Crippen LogP contribution in [0.4, 0.5) is 5.82 Å². The van der Waals surface area contributed by atoms with E-state index in [2.05, 4.69) is 33.0 Å². The number of rotatable bonds is 6. The maximum absolute atomic E-state index is 10.4. The number of ether oxygens (including phenoxy) is 1. The first kappa shape index (κ1) is 18.8. The van der Waals surface area contributed by atoms with E-state index >= 15 is 0 Å². The predicted molar refractivity (Wildman–Crippen MR) is 95.6 cm³/mol. The zero-order valence-electron chi connectivity index (χ0n) is 14.4. The molecule has 26 heavy (non-hydrogen) atoms.